The predicted molar refractivity (Wildman–Crippen MR) is 83.1 cm³/mol. The molecule has 1 amide bonds. The van der Waals surface area contributed by atoms with Crippen molar-refractivity contribution in [2.24, 2.45) is 0 Å². The van der Waals surface area contributed by atoms with E-state index in [2.05, 4.69) is 5.32 Å². The van der Waals surface area contributed by atoms with E-state index in [1.54, 1.807) is 23.6 Å². The van der Waals surface area contributed by atoms with Crippen molar-refractivity contribution in [3.8, 4) is 23.3 Å². The van der Waals surface area contributed by atoms with E-state index in [9.17, 15) is 4.79 Å². The summed E-state index contributed by atoms with van der Waals surface area (Å²) in [5.74, 6) is 0.825. The van der Waals surface area contributed by atoms with Gasteiger partial charge in [0.15, 0.2) is 11.5 Å². The van der Waals surface area contributed by atoms with Gasteiger partial charge in [-0.25, -0.2) is 0 Å². The predicted octanol–water partition coefficient (Wildman–Crippen LogP) is 2.90. The molecule has 0 unspecified atom stereocenters. The van der Waals surface area contributed by atoms with Crippen LogP contribution in [-0.2, 0) is 0 Å². The lowest BCUT2D eigenvalue weighted by molar-refractivity contribution is 0.102. The summed E-state index contributed by atoms with van der Waals surface area (Å²) < 4.78 is 15.6. The second kappa shape index (κ2) is 6.83. The quantitative estimate of drug-likeness (QED) is 0.917. The molecule has 0 radical (unpaired) electrons. The monoisotopic (exact) mass is 318 g/mol. The van der Waals surface area contributed by atoms with Crippen LogP contribution in [0.15, 0.2) is 23.6 Å². The van der Waals surface area contributed by atoms with Crippen LogP contribution in [0.25, 0.3) is 0 Å². The van der Waals surface area contributed by atoms with Crippen LogP contribution in [0.5, 0.6) is 17.2 Å². The fourth-order valence-electron chi connectivity index (χ4n) is 1.88. The first-order valence-electron chi connectivity index (χ1n) is 6.23. The van der Waals surface area contributed by atoms with Gasteiger partial charge in [0.05, 0.1) is 26.9 Å². The third-order valence-corrected chi connectivity index (χ3v) is 3.77. The highest BCUT2D eigenvalue weighted by Gasteiger charge is 2.18. The molecule has 1 N–H and O–H groups in total. The van der Waals surface area contributed by atoms with Crippen molar-refractivity contribution in [3.05, 3.63) is 34.7 Å². The zero-order valence-corrected chi connectivity index (χ0v) is 13.1. The molecule has 0 aliphatic carbocycles. The van der Waals surface area contributed by atoms with Gasteiger partial charge in [-0.2, -0.15) is 5.26 Å². The molecule has 0 saturated carbocycles. The van der Waals surface area contributed by atoms with Gasteiger partial charge in [-0.05, 0) is 23.6 Å². The molecule has 0 spiro atoms. The maximum Gasteiger partial charge on any atom is 0.256 e. The molecule has 1 aromatic carbocycles. The molecular formula is C15H14N2O4S. The number of rotatable bonds is 5. The molecule has 0 saturated heterocycles. The van der Waals surface area contributed by atoms with Gasteiger partial charge in [-0.15, -0.1) is 11.3 Å². The lowest BCUT2D eigenvalue weighted by Gasteiger charge is -2.13. The number of carbonyl (C=O) groups is 1. The van der Waals surface area contributed by atoms with Crippen LogP contribution in [0.4, 0.5) is 5.00 Å². The highest BCUT2D eigenvalue weighted by atomic mass is 32.1. The Balaban J connectivity index is 2.36. The Morgan fingerprint density at radius 1 is 1.18 bits per heavy atom. The van der Waals surface area contributed by atoms with Crippen molar-refractivity contribution in [1.82, 2.24) is 0 Å². The standard InChI is InChI=1S/C15H14N2O4S/c1-19-11-6-10(7-12(20-2)13(11)21-3)14(18)17-15-9(8-16)4-5-22-15/h4-7H,1-3H3,(H,17,18). The second-order valence-corrected chi connectivity index (χ2v) is 5.06. The Morgan fingerprint density at radius 3 is 2.32 bits per heavy atom. The Bertz CT molecular complexity index is 708. The first-order chi connectivity index (χ1) is 10.6. The minimum Gasteiger partial charge on any atom is -0.493 e. The number of methoxy groups -OCH3 is 3. The smallest absolute Gasteiger partial charge is 0.256 e. The fourth-order valence-corrected chi connectivity index (χ4v) is 2.61. The minimum atomic E-state index is -0.363. The number of carbonyl (C=O) groups excluding carboxylic acids is 1. The average molecular weight is 318 g/mol. The van der Waals surface area contributed by atoms with E-state index in [-0.39, 0.29) is 5.91 Å². The summed E-state index contributed by atoms with van der Waals surface area (Å²) in [4.78, 5) is 12.4. The lowest BCUT2D eigenvalue weighted by Crippen LogP contribution is -2.12. The third-order valence-electron chi connectivity index (χ3n) is 2.94. The van der Waals surface area contributed by atoms with Crippen LogP contribution in [0.1, 0.15) is 15.9 Å². The SMILES string of the molecule is COc1cc(C(=O)Nc2sccc2C#N)cc(OC)c1OC. The summed E-state index contributed by atoms with van der Waals surface area (Å²) in [6.07, 6.45) is 0. The zero-order chi connectivity index (χ0) is 16.1. The molecule has 1 heterocycles. The zero-order valence-electron chi connectivity index (χ0n) is 12.3. The van der Waals surface area contributed by atoms with Crippen LogP contribution >= 0.6 is 11.3 Å². The highest BCUT2D eigenvalue weighted by molar-refractivity contribution is 7.14. The van der Waals surface area contributed by atoms with E-state index in [0.717, 1.165) is 0 Å². The Morgan fingerprint density at radius 2 is 1.82 bits per heavy atom. The van der Waals surface area contributed by atoms with Crippen molar-refractivity contribution in [2.45, 2.75) is 0 Å². The molecule has 2 aromatic rings. The highest BCUT2D eigenvalue weighted by Crippen LogP contribution is 2.38. The number of benzene rings is 1. The first kappa shape index (κ1) is 15.7. The van der Waals surface area contributed by atoms with E-state index >= 15 is 0 Å². The number of hydrogen-bond acceptors (Lipinski definition) is 6. The minimum absolute atomic E-state index is 0.340. The van der Waals surface area contributed by atoms with Gasteiger partial charge < -0.3 is 19.5 Å². The summed E-state index contributed by atoms with van der Waals surface area (Å²) in [5.41, 5.74) is 0.762. The Labute approximate surface area is 131 Å². The number of nitrogens with zero attached hydrogens (tertiary/aromatic N) is 1. The maximum atomic E-state index is 12.4. The van der Waals surface area contributed by atoms with Crippen LogP contribution < -0.4 is 19.5 Å². The van der Waals surface area contributed by atoms with Crippen LogP contribution in [0.2, 0.25) is 0 Å². The largest absolute Gasteiger partial charge is 0.493 e. The third kappa shape index (κ3) is 2.97. The molecule has 22 heavy (non-hydrogen) atoms. The van der Waals surface area contributed by atoms with Gasteiger partial charge in [-0.1, -0.05) is 0 Å². The van der Waals surface area contributed by atoms with Crippen molar-refractivity contribution < 1.29 is 19.0 Å². The molecule has 7 heteroatoms. The topological polar surface area (TPSA) is 80.6 Å². The van der Waals surface area contributed by atoms with Gasteiger partial charge in [0, 0.05) is 5.56 Å². The molecule has 2 rings (SSSR count). The fraction of sp³-hybridized carbons (Fsp3) is 0.200. The van der Waals surface area contributed by atoms with Crippen LogP contribution in [-0.4, -0.2) is 27.2 Å². The van der Waals surface area contributed by atoms with Crippen molar-refractivity contribution in [3.63, 3.8) is 0 Å². The van der Waals surface area contributed by atoms with Crippen molar-refractivity contribution in [2.75, 3.05) is 26.6 Å². The summed E-state index contributed by atoms with van der Waals surface area (Å²) in [6.45, 7) is 0. The summed E-state index contributed by atoms with van der Waals surface area (Å²) >= 11 is 1.28. The van der Waals surface area contributed by atoms with E-state index in [4.69, 9.17) is 19.5 Å². The van der Waals surface area contributed by atoms with Crippen molar-refractivity contribution >= 4 is 22.2 Å². The molecule has 1 aromatic heterocycles. The molecule has 114 valence electrons. The first-order valence-corrected chi connectivity index (χ1v) is 7.11. The second-order valence-electron chi connectivity index (χ2n) is 4.14. The summed E-state index contributed by atoms with van der Waals surface area (Å²) in [7, 11) is 4.45. The van der Waals surface area contributed by atoms with Gasteiger partial charge in [0.2, 0.25) is 5.75 Å². The molecule has 0 aliphatic heterocycles. The van der Waals surface area contributed by atoms with E-state index in [0.29, 0.717) is 33.4 Å². The number of ether oxygens (including phenoxy) is 3. The van der Waals surface area contributed by atoms with Gasteiger partial charge in [0.1, 0.15) is 11.1 Å². The van der Waals surface area contributed by atoms with E-state index < -0.39 is 0 Å². The molecule has 0 atom stereocenters. The van der Waals surface area contributed by atoms with Gasteiger partial charge in [-0.3, -0.25) is 4.79 Å². The van der Waals surface area contributed by atoms with E-state index in [1.165, 1.54) is 32.7 Å². The molecule has 0 aliphatic rings. The Hall–Kier alpha value is -2.72. The van der Waals surface area contributed by atoms with Crippen molar-refractivity contribution in [1.29, 1.82) is 5.26 Å². The number of nitriles is 1. The van der Waals surface area contributed by atoms with Crippen LogP contribution in [0, 0.1) is 11.3 Å². The Kier molecular flexibility index (Phi) is 4.86. The number of hydrogen-bond donors (Lipinski definition) is 1. The van der Waals surface area contributed by atoms with Gasteiger partial charge >= 0.3 is 0 Å². The summed E-state index contributed by atoms with van der Waals surface area (Å²) in [6, 6.07) is 6.77. The number of nitrogens with one attached hydrogen (secondary N) is 1. The van der Waals surface area contributed by atoms with Gasteiger partial charge in [0.25, 0.3) is 5.91 Å². The number of amides is 1. The molecule has 0 fully saturated rings. The molecule has 0 bridgehead atoms. The number of thiophene rings is 1. The van der Waals surface area contributed by atoms with Crippen LogP contribution in [0.3, 0.4) is 0 Å². The molecule has 6 nitrogen and oxygen atoms in total. The normalized spacial score (nSPS) is 9.73. The maximum absolute atomic E-state index is 12.4. The number of anilines is 1. The average Bonchev–Trinajstić information content (AvgIpc) is 3.00. The summed E-state index contributed by atoms with van der Waals surface area (Å²) in [5, 5.41) is 13.9. The van der Waals surface area contributed by atoms with E-state index in [1.807, 2.05) is 6.07 Å². The molecular weight excluding hydrogens is 304 g/mol. The lowest BCUT2D eigenvalue weighted by atomic mass is 10.1.